The molecule has 0 atom stereocenters. The van der Waals surface area contributed by atoms with Gasteiger partial charge in [0.25, 0.3) is 5.91 Å². The third kappa shape index (κ3) is 3.95. The van der Waals surface area contributed by atoms with Crippen molar-refractivity contribution in [2.45, 2.75) is 6.92 Å². The fourth-order valence-corrected chi connectivity index (χ4v) is 4.48. The predicted molar refractivity (Wildman–Crippen MR) is 120 cm³/mol. The molecule has 1 aromatic heterocycles. The summed E-state index contributed by atoms with van der Waals surface area (Å²) in [4.78, 5) is 19.3. The smallest absolute Gasteiger partial charge is 0.280 e. The summed E-state index contributed by atoms with van der Waals surface area (Å²) < 4.78 is 1.96. The van der Waals surface area contributed by atoms with Crippen molar-refractivity contribution in [1.29, 1.82) is 0 Å². The molecule has 0 N–H and O–H groups in total. The molecule has 0 spiro atoms. The van der Waals surface area contributed by atoms with Crippen LogP contribution in [0.2, 0.25) is 5.02 Å². The van der Waals surface area contributed by atoms with Crippen LogP contribution >= 0.6 is 22.9 Å². The zero-order chi connectivity index (χ0) is 20.4. The van der Waals surface area contributed by atoms with Gasteiger partial charge in [0.1, 0.15) is 0 Å². The molecule has 4 rings (SSSR count). The second kappa shape index (κ2) is 8.19. The first-order chi connectivity index (χ1) is 14.0. The fourth-order valence-electron chi connectivity index (χ4n) is 3.37. The van der Waals surface area contributed by atoms with Gasteiger partial charge in [-0.15, -0.1) is 11.3 Å². The van der Waals surface area contributed by atoms with E-state index >= 15 is 0 Å². The van der Waals surface area contributed by atoms with Crippen molar-refractivity contribution in [2.75, 3.05) is 0 Å². The topological polar surface area (TPSA) is 34.4 Å². The molecule has 0 aliphatic heterocycles. The molecule has 0 radical (unpaired) electrons. The summed E-state index contributed by atoms with van der Waals surface area (Å²) in [7, 11) is 1.93. The molecule has 0 saturated carbocycles. The van der Waals surface area contributed by atoms with Gasteiger partial charge in [0, 0.05) is 22.5 Å². The Morgan fingerprint density at radius 1 is 0.897 bits per heavy atom. The van der Waals surface area contributed by atoms with E-state index in [1.54, 1.807) is 0 Å². The molecule has 1 amide bonds. The van der Waals surface area contributed by atoms with Gasteiger partial charge in [0.05, 0.1) is 5.69 Å². The molecule has 4 aromatic rings. The molecule has 0 saturated heterocycles. The normalized spacial score (nSPS) is 11.6. The predicted octanol–water partition coefficient (Wildman–Crippen LogP) is 6.12. The Labute approximate surface area is 178 Å². The first kappa shape index (κ1) is 19.4. The van der Waals surface area contributed by atoms with Crippen LogP contribution in [0.1, 0.15) is 15.2 Å². The number of nitrogens with zero attached hydrogens (tertiary/aromatic N) is 2. The first-order valence-electron chi connectivity index (χ1n) is 9.20. The second-order valence-electron chi connectivity index (χ2n) is 6.68. The lowest BCUT2D eigenvalue weighted by Crippen LogP contribution is -2.14. The van der Waals surface area contributed by atoms with Gasteiger partial charge in [-0.05, 0) is 41.8 Å². The van der Waals surface area contributed by atoms with Crippen LogP contribution in [-0.2, 0) is 7.05 Å². The van der Waals surface area contributed by atoms with E-state index in [1.165, 1.54) is 11.3 Å². The molecular formula is C24H19ClN2OS. The number of thiazole rings is 1. The van der Waals surface area contributed by atoms with E-state index < -0.39 is 0 Å². The Hall–Kier alpha value is -2.95. The van der Waals surface area contributed by atoms with Crippen molar-refractivity contribution in [3.05, 3.63) is 99.1 Å². The molecule has 0 aliphatic rings. The van der Waals surface area contributed by atoms with E-state index in [2.05, 4.69) is 4.99 Å². The number of aryl methyl sites for hydroxylation is 1. The molecule has 1 heterocycles. The summed E-state index contributed by atoms with van der Waals surface area (Å²) in [6.45, 7) is 2.04. The van der Waals surface area contributed by atoms with Crippen LogP contribution < -0.4 is 4.80 Å². The molecule has 3 nitrogen and oxygen atoms in total. The van der Waals surface area contributed by atoms with Gasteiger partial charge in [-0.3, -0.25) is 4.79 Å². The number of hydrogen-bond donors (Lipinski definition) is 0. The monoisotopic (exact) mass is 418 g/mol. The number of halogens is 1. The van der Waals surface area contributed by atoms with Crippen LogP contribution in [0.15, 0.2) is 83.9 Å². The number of aromatic nitrogens is 1. The minimum atomic E-state index is -0.246. The van der Waals surface area contributed by atoms with Crippen molar-refractivity contribution in [2.24, 2.45) is 12.0 Å². The number of carbonyl (C=O) groups is 1. The van der Waals surface area contributed by atoms with E-state index in [4.69, 9.17) is 11.6 Å². The number of amides is 1. The quantitative estimate of drug-likeness (QED) is 0.394. The van der Waals surface area contributed by atoms with Gasteiger partial charge in [-0.1, -0.05) is 72.3 Å². The molecule has 5 heteroatoms. The Morgan fingerprint density at radius 3 is 2.28 bits per heavy atom. The minimum absolute atomic E-state index is 0.246. The van der Waals surface area contributed by atoms with Crippen LogP contribution in [0.25, 0.3) is 22.4 Å². The third-order valence-corrected chi connectivity index (χ3v) is 6.06. The number of carbonyl (C=O) groups excluding carboxylic acids is 1. The van der Waals surface area contributed by atoms with E-state index in [1.807, 2.05) is 97.4 Å². The van der Waals surface area contributed by atoms with Crippen molar-refractivity contribution in [1.82, 2.24) is 4.57 Å². The van der Waals surface area contributed by atoms with Gasteiger partial charge < -0.3 is 4.57 Å². The molecule has 0 unspecified atom stereocenters. The SMILES string of the molecule is Cc1sc(=NC(=O)c2ccccc2-c2ccccc2)n(C)c1-c1ccc(Cl)cc1. The molecule has 144 valence electrons. The lowest BCUT2D eigenvalue weighted by Gasteiger charge is -2.07. The van der Waals surface area contributed by atoms with Crippen LogP contribution in [0.5, 0.6) is 0 Å². The summed E-state index contributed by atoms with van der Waals surface area (Å²) in [5.41, 5.74) is 4.56. The number of hydrogen-bond acceptors (Lipinski definition) is 2. The zero-order valence-electron chi connectivity index (χ0n) is 16.1. The van der Waals surface area contributed by atoms with Crippen molar-refractivity contribution in [3.63, 3.8) is 0 Å². The maximum Gasteiger partial charge on any atom is 0.280 e. The molecular weight excluding hydrogens is 400 g/mol. The lowest BCUT2D eigenvalue weighted by atomic mass is 9.99. The third-order valence-electron chi connectivity index (χ3n) is 4.76. The zero-order valence-corrected chi connectivity index (χ0v) is 17.7. The summed E-state index contributed by atoms with van der Waals surface area (Å²) in [5, 5.41) is 0.696. The highest BCUT2D eigenvalue weighted by atomic mass is 35.5. The van der Waals surface area contributed by atoms with E-state index in [0.717, 1.165) is 27.3 Å². The largest absolute Gasteiger partial charge is 0.319 e. The average molecular weight is 419 g/mol. The van der Waals surface area contributed by atoms with Crippen molar-refractivity contribution >= 4 is 28.8 Å². The Morgan fingerprint density at radius 2 is 1.55 bits per heavy atom. The van der Waals surface area contributed by atoms with E-state index in [-0.39, 0.29) is 5.91 Å². The van der Waals surface area contributed by atoms with Crippen molar-refractivity contribution in [3.8, 4) is 22.4 Å². The maximum atomic E-state index is 13.1. The highest BCUT2D eigenvalue weighted by Crippen LogP contribution is 2.27. The van der Waals surface area contributed by atoms with Gasteiger partial charge in [0.2, 0.25) is 0 Å². The van der Waals surface area contributed by atoms with Crippen LogP contribution in [0.3, 0.4) is 0 Å². The highest BCUT2D eigenvalue weighted by Gasteiger charge is 2.14. The average Bonchev–Trinajstić information content (AvgIpc) is 3.02. The summed E-state index contributed by atoms with van der Waals surface area (Å²) in [6.07, 6.45) is 0. The summed E-state index contributed by atoms with van der Waals surface area (Å²) in [5.74, 6) is -0.246. The van der Waals surface area contributed by atoms with Crippen LogP contribution in [0, 0.1) is 6.92 Å². The summed E-state index contributed by atoms with van der Waals surface area (Å²) in [6, 6.07) is 25.2. The van der Waals surface area contributed by atoms with Gasteiger partial charge in [-0.2, -0.15) is 4.99 Å². The maximum absolute atomic E-state index is 13.1. The molecule has 0 aliphatic carbocycles. The molecule has 0 fully saturated rings. The van der Waals surface area contributed by atoms with Gasteiger partial charge in [0.15, 0.2) is 4.80 Å². The molecule has 3 aromatic carbocycles. The fraction of sp³-hybridized carbons (Fsp3) is 0.0833. The Kier molecular flexibility index (Phi) is 5.47. The number of benzene rings is 3. The highest BCUT2D eigenvalue weighted by molar-refractivity contribution is 7.09. The first-order valence-corrected chi connectivity index (χ1v) is 10.4. The Balaban J connectivity index is 1.78. The van der Waals surface area contributed by atoms with Gasteiger partial charge >= 0.3 is 0 Å². The Bertz CT molecular complexity index is 1240. The second-order valence-corrected chi connectivity index (χ2v) is 8.30. The molecule has 29 heavy (non-hydrogen) atoms. The number of rotatable bonds is 3. The van der Waals surface area contributed by atoms with Crippen LogP contribution in [0.4, 0.5) is 0 Å². The summed E-state index contributed by atoms with van der Waals surface area (Å²) >= 11 is 7.53. The standard InChI is InChI=1S/C24H19ClN2OS/c1-16-22(18-12-14-19(25)15-13-18)27(2)24(29-16)26-23(28)21-11-7-6-10-20(21)17-8-4-3-5-9-17/h3-15H,1-2H3. The lowest BCUT2D eigenvalue weighted by molar-refractivity contribution is 0.0998. The minimum Gasteiger partial charge on any atom is -0.319 e. The van der Waals surface area contributed by atoms with Crippen molar-refractivity contribution < 1.29 is 4.79 Å². The van der Waals surface area contributed by atoms with E-state index in [9.17, 15) is 4.79 Å². The van der Waals surface area contributed by atoms with E-state index in [0.29, 0.717) is 15.4 Å². The van der Waals surface area contributed by atoms with Gasteiger partial charge in [-0.25, -0.2) is 0 Å². The molecule has 0 bridgehead atoms. The van der Waals surface area contributed by atoms with Crippen LogP contribution in [-0.4, -0.2) is 10.5 Å².